The zero-order valence-corrected chi connectivity index (χ0v) is 16.2. The molecule has 0 bridgehead atoms. The van der Waals surface area contributed by atoms with Gasteiger partial charge in [0.1, 0.15) is 17.9 Å². The van der Waals surface area contributed by atoms with Crippen molar-refractivity contribution in [2.45, 2.75) is 37.6 Å². The number of alkyl halides is 3. The number of carbonyl (C=O) groups excluding carboxylic acids is 1. The van der Waals surface area contributed by atoms with Crippen molar-refractivity contribution in [3.63, 3.8) is 0 Å². The monoisotopic (exact) mass is 418 g/mol. The van der Waals surface area contributed by atoms with Crippen molar-refractivity contribution in [3.05, 3.63) is 36.0 Å². The molecule has 30 heavy (non-hydrogen) atoms. The molecule has 2 atom stereocenters. The van der Waals surface area contributed by atoms with E-state index in [4.69, 9.17) is 10.00 Å². The highest BCUT2D eigenvalue weighted by Gasteiger charge is 2.33. The average molecular weight is 418 g/mol. The van der Waals surface area contributed by atoms with Crippen LogP contribution in [0.1, 0.15) is 24.8 Å². The lowest BCUT2D eigenvalue weighted by molar-refractivity contribution is -0.137. The number of hydrogen-bond acceptors (Lipinski definition) is 5. The van der Waals surface area contributed by atoms with Gasteiger partial charge < -0.3 is 9.64 Å². The van der Waals surface area contributed by atoms with Crippen molar-refractivity contribution in [1.82, 2.24) is 14.8 Å². The van der Waals surface area contributed by atoms with Crippen molar-refractivity contribution >= 4 is 16.8 Å². The fraction of sp³-hybridized carbons (Fsp3) is 0.476. The van der Waals surface area contributed by atoms with E-state index in [2.05, 4.69) is 11.1 Å². The molecule has 2 saturated heterocycles. The highest BCUT2D eigenvalue weighted by molar-refractivity contribution is 5.85. The second kappa shape index (κ2) is 8.11. The van der Waals surface area contributed by atoms with Gasteiger partial charge in [-0.15, -0.1) is 0 Å². The number of rotatable bonds is 4. The van der Waals surface area contributed by atoms with E-state index in [-0.39, 0.29) is 30.1 Å². The van der Waals surface area contributed by atoms with E-state index in [1.165, 1.54) is 12.3 Å². The fourth-order valence-electron chi connectivity index (χ4n) is 4.10. The van der Waals surface area contributed by atoms with Crippen LogP contribution in [0.4, 0.5) is 13.2 Å². The molecule has 2 aliphatic heterocycles. The van der Waals surface area contributed by atoms with E-state index >= 15 is 0 Å². The first-order valence-electron chi connectivity index (χ1n) is 9.89. The molecule has 0 aliphatic carbocycles. The molecule has 0 radical (unpaired) electrons. The van der Waals surface area contributed by atoms with E-state index in [9.17, 15) is 18.0 Å². The predicted octanol–water partition coefficient (Wildman–Crippen LogP) is 3.22. The number of nitrogens with zero attached hydrogens (tertiary/aromatic N) is 4. The molecular formula is C21H21F3N4O2. The number of carbonyl (C=O) groups is 1. The maximum Gasteiger partial charge on any atom is 0.416 e. The molecule has 2 fully saturated rings. The van der Waals surface area contributed by atoms with Gasteiger partial charge in [-0.2, -0.15) is 18.4 Å². The molecule has 1 aromatic carbocycles. The van der Waals surface area contributed by atoms with E-state index in [0.29, 0.717) is 37.2 Å². The standard InChI is InChI=1S/C21H21F3N4O2/c22-21(23,24)14-3-4-17-18(10-14)26-7-5-19(17)30-16-6-9-27(12-16)13-20(29)28-8-1-2-15(28)11-25/h3-5,7,10,15-16H,1-2,6,8-9,12-13H2. The average Bonchev–Trinajstić information content (AvgIpc) is 3.36. The SMILES string of the molecule is N#CC1CCCN1C(=O)CN1CCC(Oc2ccnc3cc(C(F)(F)F)ccc23)C1. The number of amides is 1. The fourth-order valence-corrected chi connectivity index (χ4v) is 4.10. The zero-order chi connectivity index (χ0) is 21.3. The van der Waals surface area contributed by atoms with Crippen LogP contribution in [0.15, 0.2) is 30.5 Å². The number of halogens is 3. The summed E-state index contributed by atoms with van der Waals surface area (Å²) in [6.07, 6.45) is -0.885. The second-order valence-electron chi connectivity index (χ2n) is 7.68. The van der Waals surface area contributed by atoms with Crippen LogP contribution in [-0.2, 0) is 11.0 Å². The minimum Gasteiger partial charge on any atom is -0.488 e. The van der Waals surface area contributed by atoms with E-state index in [0.717, 1.165) is 25.0 Å². The molecule has 0 N–H and O–H groups in total. The summed E-state index contributed by atoms with van der Waals surface area (Å²) in [5.41, 5.74) is -0.522. The lowest BCUT2D eigenvalue weighted by atomic mass is 10.1. The summed E-state index contributed by atoms with van der Waals surface area (Å²) in [6, 6.07) is 6.91. The van der Waals surface area contributed by atoms with E-state index < -0.39 is 11.7 Å². The Morgan fingerprint density at radius 2 is 2.10 bits per heavy atom. The highest BCUT2D eigenvalue weighted by atomic mass is 19.4. The maximum atomic E-state index is 12.9. The zero-order valence-electron chi connectivity index (χ0n) is 16.2. The Bertz CT molecular complexity index is 988. The summed E-state index contributed by atoms with van der Waals surface area (Å²) in [6.45, 7) is 2.09. The van der Waals surface area contributed by atoms with Crippen LogP contribution >= 0.6 is 0 Å². The van der Waals surface area contributed by atoms with Gasteiger partial charge in [0, 0.05) is 31.2 Å². The number of benzene rings is 1. The minimum atomic E-state index is -4.43. The Balaban J connectivity index is 1.40. The van der Waals surface area contributed by atoms with Gasteiger partial charge >= 0.3 is 6.18 Å². The van der Waals surface area contributed by atoms with Crippen molar-refractivity contribution < 1.29 is 22.7 Å². The summed E-state index contributed by atoms with van der Waals surface area (Å²) < 4.78 is 44.9. The number of ether oxygens (including phenoxy) is 1. The van der Waals surface area contributed by atoms with Gasteiger partial charge in [-0.1, -0.05) is 0 Å². The molecule has 1 amide bonds. The molecule has 6 nitrogen and oxygen atoms in total. The smallest absolute Gasteiger partial charge is 0.416 e. The molecule has 0 saturated carbocycles. The summed E-state index contributed by atoms with van der Waals surface area (Å²) in [5, 5.41) is 9.68. The lowest BCUT2D eigenvalue weighted by Crippen LogP contribution is -2.42. The molecule has 2 aromatic rings. The van der Waals surface area contributed by atoms with Crippen LogP contribution in [0.25, 0.3) is 10.9 Å². The van der Waals surface area contributed by atoms with E-state index in [1.54, 1.807) is 11.0 Å². The topological polar surface area (TPSA) is 69.5 Å². The molecule has 9 heteroatoms. The summed E-state index contributed by atoms with van der Waals surface area (Å²) in [7, 11) is 0. The van der Waals surface area contributed by atoms with Crippen LogP contribution in [0.2, 0.25) is 0 Å². The van der Waals surface area contributed by atoms with Crippen molar-refractivity contribution in [1.29, 1.82) is 5.26 Å². The summed E-state index contributed by atoms with van der Waals surface area (Å²) >= 11 is 0. The number of hydrogen-bond donors (Lipinski definition) is 0. The second-order valence-corrected chi connectivity index (χ2v) is 7.68. The van der Waals surface area contributed by atoms with Gasteiger partial charge in [0.25, 0.3) is 0 Å². The maximum absolute atomic E-state index is 12.9. The normalized spacial score (nSPS) is 22.4. The Kier molecular flexibility index (Phi) is 5.52. The Morgan fingerprint density at radius 3 is 2.87 bits per heavy atom. The van der Waals surface area contributed by atoms with Gasteiger partial charge in [0.2, 0.25) is 5.91 Å². The minimum absolute atomic E-state index is 0.0475. The largest absolute Gasteiger partial charge is 0.488 e. The quantitative estimate of drug-likeness (QED) is 0.763. The third-order valence-electron chi connectivity index (χ3n) is 5.63. The van der Waals surface area contributed by atoms with Crippen LogP contribution in [0, 0.1) is 11.3 Å². The van der Waals surface area contributed by atoms with Crippen molar-refractivity contribution in [2.75, 3.05) is 26.2 Å². The third-order valence-corrected chi connectivity index (χ3v) is 5.63. The highest BCUT2D eigenvalue weighted by Crippen LogP contribution is 2.34. The van der Waals surface area contributed by atoms with Crippen LogP contribution in [-0.4, -0.2) is 59.0 Å². The van der Waals surface area contributed by atoms with Crippen LogP contribution in [0.3, 0.4) is 0 Å². The van der Waals surface area contributed by atoms with Crippen LogP contribution in [0.5, 0.6) is 5.75 Å². The number of fused-ring (bicyclic) bond motifs is 1. The number of aromatic nitrogens is 1. The Labute approximate surface area is 171 Å². The van der Waals surface area contributed by atoms with E-state index in [1.807, 2.05) is 4.90 Å². The van der Waals surface area contributed by atoms with Gasteiger partial charge in [0.05, 0.1) is 23.7 Å². The molecule has 158 valence electrons. The van der Waals surface area contributed by atoms with Gasteiger partial charge in [-0.25, -0.2) is 0 Å². The molecular weight excluding hydrogens is 397 g/mol. The predicted molar refractivity (Wildman–Crippen MR) is 103 cm³/mol. The Morgan fingerprint density at radius 1 is 1.27 bits per heavy atom. The van der Waals surface area contributed by atoms with Crippen molar-refractivity contribution in [3.8, 4) is 11.8 Å². The van der Waals surface area contributed by atoms with Crippen molar-refractivity contribution in [2.24, 2.45) is 0 Å². The third kappa shape index (κ3) is 4.19. The first-order valence-corrected chi connectivity index (χ1v) is 9.89. The first kappa shape index (κ1) is 20.4. The molecule has 2 aliphatic rings. The number of pyridine rings is 1. The summed E-state index contributed by atoms with van der Waals surface area (Å²) in [4.78, 5) is 20.2. The van der Waals surface area contributed by atoms with Crippen LogP contribution < -0.4 is 4.74 Å². The molecule has 2 unspecified atom stereocenters. The molecule has 1 aromatic heterocycles. The molecule has 3 heterocycles. The number of likely N-dealkylation sites (tertiary alicyclic amines) is 2. The number of nitriles is 1. The lowest BCUT2D eigenvalue weighted by Gasteiger charge is -2.23. The molecule has 4 rings (SSSR count). The molecule has 0 spiro atoms. The summed E-state index contributed by atoms with van der Waals surface area (Å²) in [5.74, 6) is 0.435. The van der Waals surface area contributed by atoms with Gasteiger partial charge in [-0.05, 0) is 43.5 Å². The first-order chi connectivity index (χ1) is 14.3. The van der Waals surface area contributed by atoms with Gasteiger partial charge in [0.15, 0.2) is 0 Å². The van der Waals surface area contributed by atoms with Gasteiger partial charge in [-0.3, -0.25) is 14.7 Å². The Hall–Kier alpha value is -2.86.